The van der Waals surface area contributed by atoms with Gasteiger partial charge < -0.3 is 10.2 Å². The van der Waals surface area contributed by atoms with Crippen LogP contribution in [0.2, 0.25) is 0 Å². The van der Waals surface area contributed by atoms with Crippen LogP contribution in [-0.4, -0.2) is 55.8 Å². The Balaban J connectivity index is 1.49. The van der Waals surface area contributed by atoms with Crippen LogP contribution in [0.5, 0.6) is 0 Å². The van der Waals surface area contributed by atoms with Crippen LogP contribution in [0.15, 0.2) is 24.3 Å². The quantitative estimate of drug-likeness (QED) is 0.813. The molecule has 2 aliphatic heterocycles. The lowest BCUT2D eigenvalue weighted by atomic mass is 9.81. The number of nitrogens with zero attached hydrogens (tertiary/aromatic N) is 1. The van der Waals surface area contributed by atoms with Gasteiger partial charge in [0.15, 0.2) is 9.84 Å². The lowest BCUT2D eigenvalue weighted by molar-refractivity contribution is -0.144. The fourth-order valence-electron chi connectivity index (χ4n) is 4.66. The molecule has 1 atom stereocenters. The van der Waals surface area contributed by atoms with E-state index >= 15 is 0 Å². The van der Waals surface area contributed by atoms with Crippen molar-refractivity contribution in [1.82, 2.24) is 10.2 Å². The van der Waals surface area contributed by atoms with Crippen molar-refractivity contribution >= 4 is 21.7 Å². The average Bonchev–Trinajstić information content (AvgIpc) is 3.10. The molecule has 4 rings (SSSR count). The number of nitrogens with one attached hydrogen (secondary N) is 1. The number of benzene rings is 1. The Kier molecular flexibility index (Phi) is 3.68. The van der Waals surface area contributed by atoms with Crippen molar-refractivity contribution in [3.8, 4) is 0 Å². The lowest BCUT2D eigenvalue weighted by Crippen LogP contribution is -2.70. The highest BCUT2D eigenvalue weighted by atomic mass is 32.2. The summed E-state index contributed by atoms with van der Waals surface area (Å²) < 4.78 is 24.0. The minimum Gasteiger partial charge on any atom is -0.359 e. The molecule has 1 aromatic carbocycles. The number of hydrogen-bond acceptors (Lipinski definition) is 4. The number of fused-ring (bicyclic) bond motifs is 1. The van der Waals surface area contributed by atoms with Crippen LogP contribution < -0.4 is 5.32 Å². The summed E-state index contributed by atoms with van der Waals surface area (Å²) >= 11 is 0. The number of rotatable bonds is 2. The van der Waals surface area contributed by atoms with Gasteiger partial charge in [-0.25, -0.2) is 8.42 Å². The van der Waals surface area contributed by atoms with E-state index < -0.39 is 20.5 Å². The second kappa shape index (κ2) is 5.56. The van der Waals surface area contributed by atoms with Gasteiger partial charge in [0, 0.05) is 26.1 Å². The van der Waals surface area contributed by atoms with E-state index in [0.717, 1.165) is 0 Å². The Bertz CT molecular complexity index is 817. The number of amides is 2. The van der Waals surface area contributed by atoms with Crippen molar-refractivity contribution in [3.63, 3.8) is 0 Å². The Morgan fingerprint density at radius 1 is 1.16 bits per heavy atom. The molecule has 0 bridgehead atoms. The minimum absolute atomic E-state index is 0.0135. The molecule has 2 saturated heterocycles. The van der Waals surface area contributed by atoms with E-state index in [1.165, 1.54) is 18.2 Å². The molecule has 3 aliphatic rings. The standard InChI is InChI=1S/C18H22N2O4S/c1-19-16(21)15-6-7-25(23,24)18(15)10-20(11-18)17(22)14-8-12-4-2-3-5-13(12)9-14/h2-5,14-15H,6-11H2,1H3,(H,19,21). The number of carbonyl (C=O) groups excluding carboxylic acids is 2. The maximum absolute atomic E-state index is 12.8. The molecular formula is C18H22N2O4S. The van der Waals surface area contributed by atoms with Crippen LogP contribution in [0.25, 0.3) is 0 Å². The van der Waals surface area contributed by atoms with Gasteiger partial charge in [-0.1, -0.05) is 24.3 Å². The molecule has 2 amide bonds. The summed E-state index contributed by atoms with van der Waals surface area (Å²) in [7, 11) is -1.83. The predicted octanol–water partition coefficient (Wildman–Crippen LogP) is 0.163. The van der Waals surface area contributed by atoms with Crippen LogP contribution in [-0.2, 0) is 32.3 Å². The molecule has 0 saturated carbocycles. The fourth-order valence-corrected chi connectivity index (χ4v) is 6.98. The monoisotopic (exact) mass is 362 g/mol. The third kappa shape index (κ3) is 2.32. The minimum atomic E-state index is -3.35. The summed E-state index contributed by atoms with van der Waals surface area (Å²) in [4.78, 5) is 26.6. The molecule has 1 aliphatic carbocycles. The van der Waals surface area contributed by atoms with E-state index in [0.29, 0.717) is 19.3 Å². The van der Waals surface area contributed by atoms with Crippen LogP contribution in [0, 0.1) is 11.8 Å². The van der Waals surface area contributed by atoms with Crippen molar-refractivity contribution in [2.75, 3.05) is 25.9 Å². The Labute approximate surface area is 147 Å². The summed E-state index contributed by atoms with van der Waals surface area (Å²) in [6, 6.07) is 8.04. The van der Waals surface area contributed by atoms with E-state index in [-0.39, 0.29) is 36.6 Å². The fraction of sp³-hybridized carbons (Fsp3) is 0.556. The zero-order chi connectivity index (χ0) is 17.8. The third-order valence-corrected chi connectivity index (χ3v) is 8.68. The highest BCUT2D eigenvalue weighted by Crippen LogP contribution is 2.45. The smallest absolute Gasteiger partial charge is 0.226 e. The van der Waals surface area contributed by atoms with Gasteiger partial charge in [-0.2, -0.15) is 0 Å². The molecule has 0 aromatic heterocycles. The number of likely N-dealkylation sites (tertiary alicyclic amines) is 1. The van der Waals surface area contributed by atoms with E-state index in [1.807, 2.05) is 24.3 Å². The normalized spacial score (nSPS) is 26.3. The average molecular weight is 362 g/mol. The van der Waals surface area contributed by atoms with E-state index in [1.54, 1.807) is 4.90 Å². The van der Waals surface area contributed by atoms with E-state index in [9.17, 15) is 18.0 Å². The molecule has 6 nitrogen and oxygen atoms in total. The number of sulfone groups is 1. The summed E-state index contributed by atoms with van der Waals surface area (Å²) in [6.45, 7) is 0.304. The first-order chi connectivity index (χ1) is 11.9. The van der Waals surface area contributed by atoms with Gasteiger partial charge in [-0.3, -0.25) is 9.59 Å². The molecule has 0 radical (unpaired) electrons. The molecule has 134 valence electrons. The number of carbonyl (C=O) groups is 2. The van der Waals surface area contributed by atoms with Crippen molar-refractivity contribution in [3.05, 3.63) is 35.4 Å². The predicted molar refractivity (Wildman–Crippen MR) is 92.6 cm³/mol. The highest BCUT2D eigenvalue weighted by Gasteiger charge is 2.64. The van der Waals surface area contributed by atoms with Gasteiger partial charge in [0.05, 0.1) is 11.7 Å². The van der Waals surface area contributed by atoms with Gasteiger partial charge >= 0.3 is 0 Å². The van der Waals surface area contributed by atoms with Crippen molar-refractivity contribution in [2.45, 2.75) is 24.0 Å². The van der Waals surface area contributed by atoms with Gasteiger partial charge in [-0.05, 0) is 30.4 Å². The molecule has 1 aromatic rings. The summed E-state index contributed by atoms with van der Waals surface area (Å²) in [5.74, 6) is -0.854. The Morgan fingerprint density at radius 2 is 1.76 bits per heavy atom. The Morgan fingerprint density at radius 3 is 2.32 bits per heavy atom. The SMILES string of the molecule is CNC(=O)C1CCS(=O)(=O)C12CN(C(=O)C1Cc3ccccc3C1)C2. The second-order valence-corrected chi connectivity index (χ2v) is 9.86. The molecule has 25 heavy (non-hydrogen) atoms. The van der Waals surface area contributed by atoms with Crippen molar-refractivity contribution in [2.24, 2.45) is 11.8 Å². The largest absolute Gasteiger partial charge is 0.359 e. The number of hydrogen-bond donors (Lipinski definition) is 1. The second-order valence-electron chi connectivity index (χ2n) is 7.41. The van der Waals surface area contributed by atoms with Gasteiger partial charge in [0.2, 0.25) is 11.8 Å². The van der Waals surface area contributed by atoms with Crippen LogP contribution in [0.3, 0.4) is 0 Å². The van der Waals surface area contributed by atoms with Gasteiger partial charge in [0.1, 0.15) is 4.75 Å². The maximum atomic E-state index is 12.8. The summed E-state index contributed by atoms with van der Waals surface area (Å²) in [5.41, 5.74) is 2.40. The maximum Gasteiger partial charge on any atom is 0.226 e. The summed E-state index contributed by atoms with van der Waals surface area (Å²) in [5, 5.41) is 2.57. The highest BCUT2D eigenvalue weighted by molar-refractivity contribution is 7.93. The molecule has 1 N–H and O–H groups in total. The van der Waals surface area contributed by atoms with Gasteiger partial charge in [0.25, 0.3) is 0 Å². The molecule has 2 heterocycles. The topological polar surface area (TPSA) is 83.6 Å². The lowest BCUT2D eigenvalue weighted by Gasteiger charge is -2.50. The zero-order valence-electron chi connectivity index (χ0n) is 14.2. The first kappa shape index (κ1) is 16.6. The van der Waals surface area contributed by atoms with Gasteiger partial charge in [-0.15, -0.1) is 0 Å². The van der Waals surface area contributed by atoms with Crippen LogP contribution >= 0.6 is 0 Å². The van der Waals surface area contributed by atoms with E-state index in [2.05, 4.69) is 5.32 Å². The van der Waals surface area contributed by atoms with Crippen molar-refractivity contribution < 1.29 is 18.0 Å². The molecule has 1 unspecified atom stereocenters. The molecular weight excluding hydrogens is 340 g/mol. The van der Waals surface area contributed by atoms with E-state index in [4.69, 9.17) is 0 Å². The zero-order valence-corrected chi connectivity index (χ0v) is 15.0. The first-order valence-corrected chi connectivity index (χ1v) is 10.3. The molecule has 1 spiro atoms. The van der Waals surface area contributed by atoms with Crippen molar-refractivity contribution in [1.29, 1.82) is 0 Å². The first-order valence-electron chi connectivity index (χ1n) is 8.67. The Hall–Kier alpha value is -1.89. The summed E-state index contributed by atoms with van der Waals surface area (Å²) in [6.07, 6.45) is 1.77. The molecule has 7 heteroatoms. The molecule has 2 fully saturated rings. The van der Waals surface area contributed by atoms with Crippen LogP contribution in [0.1, 0.15) is 17.5 Å². The van der Waals surface area contributed by atoms with Crippen LogP contribution in [0.4, 0.5) is 0 Å². The third-order valence-electron chi connectivity index (χ3n) is 6.12.